The molecule has 2 rings (SSSR count). The van der Waals surface area contributed by atoms with Crippen LogP contribution in [0, 0.1) is 20.8 Å². The van der Waals surface area contributed by atoms with Crippen LogP contribution in [0.25, 0.3) is 0 Å². The van der Waals surface area contributed by atoms with Gasteiger partial charge in [0.2, 0.25) is 0 Å². The molecule has 0 heterocycles. The molecule has 0 fully saturated rings. The van der Waals surface area contributed by atoms with E-state index in [2.05, 4.69) is 75.5 Å². The maximum absolute atomic E-state index is 3.62. The standard InChI is InChI=1S/C18H23N/c1-13-9-10-17(15(3)11-13)12-19-16(4)18-8-6-5-7-14(18)2/h5-11,16,19H,12H2,1-4H3/t16-/m1/s1. The lowest BCUT2D eigenvalue weighted by atomic mass is 10.0. The van der Waals surface area contributed by atoms with Crippen LogP contribution >= 0.6 is 0 Å². The van der Waals surface area contributed by atoms with Crippen LogP contribution in [0.1, 0.15) is 40.8 Å². The number of hydrogen-bond donors (Lipinski definition) is 1. The fourth-order valence-electron chi connectivity index (χ4n) is 2.49. The van der Waals surface area contributed by atoms with Crippen molar-refractivity contribution in [2.75, 3.05) is 0 Å². The van der Waals surface area contributed by atoms with E-state index in [1.165, 1.54) is 27.8 Å². The highest BCUT2D eigenvalue weighted by molar-refractivity contribution is 5.31. The van der Waals surface area contributed by atoms with E-state index < -0.39 is 0 Å². The lowest BCUT2D eigenvalue weighted by Gasteiger charge is -2.17. The lowest BCUT2D eigenvalue weighted by molar-refractivity contribution is 0.571. The predicted octanol–water partition coefficient (Wildman–Crippen LogP) is 4.46. The number of hydrogen-bond acceptors (Lipinski definition) is 1. The van der Waals surface area contributed by atoms with Crippen molar-refractivity contribution in [1.29, 1.82) is 0 Å². The molecule has 0 aliphatic rings. The van der Waals surface area contributed by atoms with E-state index in [0.717, 1.165) is 6.54 Å². The molecule has 2 aromatic carbocycles. The van der Waals surface area contributed by atoms with Crippen molar-refractivity contribution in [1.82, 2.24) is 5.32 Å². The maximum Gasteiger partial charge on any atom is 0.0297 e. The van der Waals surface area contributed by atoms with Gasteiger partial charge in [-0.05, 0) is 49.9 Å². The number of rotatable bonds is 4. The van der Waals surface area contributed by atoms with Gasteiger partial charge < -0.3 is 5.32 Å². The van der Waals surface area contributed by atoms with Crippen molar-refractivity contribution in [3.63, 3.8) is 0 Å². The third-order valence-electron chi connectivity index (χ3n) is 3.75. The minimum atomic E-state index is 0.377. The molecule has 0 spiro atoms. The second-order valence-electron chi connectivity index (χ2n) is 5.39. The van der Waals surface area contributed by atoms with Gasteiger partial charge in [0.1, 0.15) is 0 Å². The average molecular weight is 253 g/mol. The summed E-state index contributed by atoms with van der Waals surface area (Å²) in [5.41, 5.74) is 6.80. The molecule has 0 unspecified atom stereocenters. The summed E-state index contributed by atoms with van der Waals surface area (Å²) in [6, 6.07) is 15.6. The molecule has 0 aliphatic heterocycles. The van der Waals surface area contributed by atoms with Gasteiger partial charge in [-0.15, -0.1) is 0 Å². The molecule has 0 bridgehead atoms. The monoisotopic (exact) mass is 253 g/mol. The second-order valence-corrected chi connectivity index (χ2v) is 5.39. The Balaban J connectivity index is 2.04. The topological polar surface area (TPSA) is 12.0 Å². The summed E-state index contributed by atoms with van der Waals surface area (Å²) in [7, 11) is 0. The van der Waals surface area contributed by atoms with Gasteiger partial charge in [-0.2, -0.15) is 0 Å². The van der Waals surface area contributed by atoms with Gasteiger partial charge in [-0.3, -0.25) is 0 Å². The van der Waals surface area contributed by atoms with Gasteiger partial charge in [0.05, 0.1) is 0 Å². The van der Waals surface area contributed by atoms with Gasteiger partial charge in [0, 0.05) is 12.6 Å². The molecule has 0 aliphatic carbocycles. The van der Waals surface area contributed by atoms with Gasteiger partial charge in [0.15, 0.2) is 0 Å². The zero-order valence-electron chi connectivity index (χ0n) is 12.3. The molecule has 1 nitrogen and oxygen atoms in total. The van der Waals surface area contributed by atoms with E-state index in [1.807, 2.05) is 0 Å². The van der Waals surface area contributed by atoms with Gasteiger partial charge >= 0.3 is 0 Å². The second kappa shape index (κ2) is 6.03. The Morgan fingerprint density at radius 3 is 2.37 bits per heavy atom. The van der Waals surface area contributed by atoms with E-state index in [1.54, 1.807) is 0 Å². The maximum atomic E-state index is 3.62. The fourth-order valence-corrected chi connectivity index (χ4v) is 2.49. The van der Waals surface area contributed by atoms with Gasteiger partial charge in [0.25, 0.3) is 0 Å². The predicted molar refractivity (Wildman–Crippen MR) is 82.3 cm³/mol. The SMILES string of the molecule is Cc1ccc(CN[C@H](C)c2ccccc2C)c(C)c1. The Bertz CT molecular complexity index is 557. The van der Waals surface area contributed by atoms with Crippen molar-refractivity contribution in [3.8, 4) is 0 Å². The molecule has 0 amide bonds. The third-order valence-corrected chi connectivity index (χ3v) is 3.75. The normalized spacial score (nSPS) is 12.4. The van der Waals surface area contributed by atoms with E-state index in [4.69, 9.17) is 0 Å². The Morgan fingerprint density at radius 1 is 0.947 bits per heavy atom. The average Bonchev–Trinajstić information content (AvgIpc) is 2.38. The zero-order valence-corrected chi connectivity index (χ0v) is 12.3. The van der Waals surface area contributed by atoms with E-state index >= 15 is 0 Å². The first kappa shape index (κ1) is 13.8. The van der Waals surface area contributed by atoms with Crippen LogP contribution < -0.4 is 5.32 Å². The summed E-state index contributed by atoms with van der Waals surface area (Å²) in [6.45, 7) is 9.64. The van der Waals surface area contributed by atoms with Crippen LogP contribution in [0.4, 0.5) is 0 Å². The highest BCUT2D eigenvalue weighted by atomic mass is 14.9. The molecule has 0 saturated heterocycles. The first-order valence-corrected chi connectivity index (χ1v) is 6.93. The molecule has 0 saturated carbocycles. The summed E-state index contributed by atoms with van der Waals surface area (Å²) < 4.78 is 0. The van der Waals surface area contributed by atoms with Crippen LogP contribution in [-0.2, 0) is 6.54 Å². The van der Waals surface area contributed by atoms with Crippen LogP contribution in [0.5, 0.6) is 0 Å². The molecule has 1 atom stereocenters. The molecular weight excluding hydrogens is 230 g/mol. The fraction of sp³-hybridized carbons (Fsp3) is 0.333. The third kappa shape index (κ3) is 3.45. The molecule has 1 heteroatoms. The van der Waals surface area contributed by atoms with Crippen LogP contribution in [-0.4, -0.2) is 0 Å². The van der Waals surface area contributed by atoms with Crippen LogP contribution in [0.15, 0.2) is 42.5 Å². The Kier molecular flexibility index (Phi) is 4.39. The largest absolute Gasteiger partial charge is 0.306 e. The van der Waals surface area contributed by atoms with Crippen LogP contribution in [0.3, 0.4) is 0 Å². The summed E-state index contributed by atoms with van der Waals surface area (Å²) in [5.74, 6) is 0. The quantitative estimate of drug-likeness (QED) is 0.848. The Hall–Kier alpha value is -1.60. The molecular formula is C18H23N. The van der Waals surface area contributed by atoms with Gasteiger partial charge in [-0.1, -0.05) is 48.0 Å². The molecule has 2 aromatic rings. The highest BCUT2D eigenvalue weighted by Crippen LogP contribution is 2.18. The minimum absolute atomic E-state index is 0.377. The number of nitrogens with one attached hydrogen (secondary N) is 1. The van der Waals surface area contributed by atoms with Gasteiger partial charge in [-0.25, -0.2) is 0 Å². The molecule has 1 N–H and O–H groups in total. The van der Waals surface area contributed by atoms with E-state index in [9.17, 15) is 0 Å². The molecule has 0 radical (unpaired) electrons. The Morgan fingerprint density at radius 2 is 1.68 bits per heavy atom. The summed E-state index contributed by atoms with van der Waals surface area (Å²) >= 11 is 0. The van der Waals surface area contributed by atoms with Crippen molar-refractivity contribution >= 4 is 0 Å². The molecule has 19 heavy (non-hydrogen) atoms. The summed E-state index contributed by atoms with van der Waals surface area (Å²) in [6.07, 6.45) is 0. The lowest BCUT2D eigenvalue weighted by Crippen LogP contribution is -2.19. The van der Waals surface area contributed by atoms with E-state index in [0.29, 0.717) is 6.04 Å². The first-order chi connectivity index (χ1) is 9.08. The van der Waals surface area contributed by atoms with Crippen molar-refractivity contribution in [3.05, 3.63) is 70.3 Å². The van der Waals surface area contributed by atoms with E-state index in [-0.39, 0.29) is 0 Å². The zero-order chi connectivity index (χ0) is 13.8. The summed E-state index contributed by atoms with van der Waals surface area (Å²) in [5, 5.41) is 3.62. The number of aryl methyl sites for hydroxylation is 3. The van der Waals surface area contributed by atoms with Crippen LogP contribution in [0.2, 0.25) is 0 Å². The minimum Gasteiger partial charge on any atom is -0.306 e. The molecule has 0 aromatic heterocycles. The summed E-state index contributed by atoms with van der Waals surface area (Å²) in [4.78, 5) is 0. The molecule has 100 valence electrons. The first-order valence-electron chi connectivity index (χ1n) is 6.93. The van der Waals surface area contributed by atoms with Crippen molar-refractivity contribution in [2.24, 2.45) is 0 Å². The van der Waals surface area contributed by atoms with Crippen molar-refractivity contribution < 1.29 is 0 Å². The highest BCUT2D eigenvalue weighted by Gasteiger charge is 2.07. The van der Waals surface area contributed by atoms with Crippen molar-refractivity contribution in [2.45, 2.75) is 40.3 Å². The Labute approximate surface area is 116 Å². The smallest absolute Gasteiger partial charge is 0.0297 e. The number of benzene rings is 2.